The molecule has 0 atom stereocenters. The summed E-state index contributed by atoms with van der Waals surface area (Å²) in [7, 11) is 0. The van der Waals surface area contributed by atoms with Crippen molar-refractivity contribution in [2.75, 3.05) is 13.2 Å². The van der Waals surface area contributed by atoms with Gasteiger partial charge in [-0.3, -0.25) is 4.79 Å². The number of hydrogen-bond donors (Lipinski definition) is 0. The third-order valence-electron chi connectivity index (χ3n) is 6.57. The highest BCUT2D eigenvalue weighted by molar-refractivity contribution is 6.15. The van der Waals surface area contributed by atoms with Gasteiger partial charge in [0.25, 0.3) is 0 Å². The van der Waals surface area contributed by atoms with E-state index in [0.717, 1.165) is 11.1 Å². The van der Waals surface area contributed by atoms with Crippen molar-refractivity contribution in [2.45, 2.75) is 13.8 Å². The molecule has 1 aliphatic heterocycles. The zero-order chi connectivity index (χ0) is 28.3. The van der Waals surface area contributed by atoms with Crippen LogP contribution in [-0.2, 0) is 0 Å². The van der Waals surface area contributed by atoms with E-state index in [2.05, 4.69) is 0 Å². The van der Waals surface area contributed by atoms with Crippen LogP contribution in [-0.4, -0.2) is 25.0 Å². The predicted molar refractivity (Wildman–Crippen MR) is 155 cm³/mol. The Bertz CT molecular complexity index is 1800. The molecule has 6 rings (SSSR count). The van der Waals surface area contributed by atoms with Gasteiger partial charge in [-0.05, 0) is 56.3 Å². The lowest BCUT2D eigenvalue weighted by Gasteiger charge is -2.08. The second kappa shape index (κ2) is 11.1. The lowest BCUT2D eigenvalue weighted by Crippen LogP contribution is -2.09. The van der Waals surface area contributed by atoms with Gasteiger partial charge < -0.3 is 23.4 Å². The number of Topliss-reactive ketones (excluding diaryl/α,β-unsaturated/α-hetero) is 1. The van der Waals surface area contributed by atoms with Crippen LogP contribution in [0, 0.1) is 0 Å². The van der Waals surface area contributed by atoms with Gasteiger partial charge >= 0.3 is 5.97 Å². The van der Waals surface area contributed by atoms with Gasteiger partial charge in [-0.2, -0.15) is 0 Å². The summed E-state index contributed by atoms with van der Waals surface area (Å²) in [4.78, 5) is 26.7. The van der Waals surface area contributed by atoms with Crippen molar-refractivity contribution in [3.63, 3.8) is 0 Å². The maximum atomic E-state index is 13.7. The molecule has 1 aliphatic rings. The second-order valence-corrected chi connectivity index (χ2v) is 9.22. The van der Waals surface area contributed by atoms with Gasteiger partial charge in [0.1, 0.15) is 39.9 Å². The fourth-order valence-electron chi connectivity index (χ4n) is 4.75. The highest BCUT2D eigenvalue weighted by Crippen LogP contribution is 2.38. The number of carbonyl (C=O) groups excluding carboxylic acids is 2. The summed E-state index contributed by atoms with van der Waals surface area (Å²) >= 11 is 0. The number of furan rings is 1. The molecule has 0 saturated carbocycles. The number of para-hydroxylation sites is 1. The van der Waals surface area contributed by atoms with Crippen LogP contribution in [0.2, 0.25) is 0 Å². The van der Waals surface area contributed by atoms with E-state index >= 15 is 0 Å². The molecule has 0 spiro atoms. The maximum Gasteiger partial charge on any atom is 0.348 e. The molecule has 0 unspecified atom stereocenters. The van der Waals surface area contributed by atoms with E-state index in [-0.39, 0.29) is 22.9 Å². The highest BCUT2D eigenvalue weighted by atomic mass is 16.5. The lowest BCUT2D eigenvalue weighted by atomic mass is 10.1. The van der Waals surface area contributed by atoms with Crippen LogP contribution in [0.1, 0.15) is 40.1 Å². The monoisotopic (exact) mass is 546 g/mol. The molecular weight excluding hydrogens is 520 g/mol. The molecule has 7 nitrogen and oxygen atoms in total. The summed E-state index contributed by atoms with van der Waals surface area (Å²) in [5.41, 5.74) is 2.65. The number of esters is 1. The zero-order valence-electron chi connectivity index (χ0n) is 22.5. The van der Waals surface area contributed by atoms with Crippen LogP contribution >= 0.6 is 0 Å². The molecular formula is C34H26O7. The van der Waals surface area contributed by atoms with Gasteiger partial charge in [0.2, 0.25) is 5.78 Å². The first-order valence-corrected chi connectivity index (χ1v) is 13.3. The van der Waals surface area contributed by atoms with Gasteiger partial charge in [-0.15, -0.1) is 0 Å². The second-order valence-electron chi connectivity index (χ2n) is 9.22. The van der Waals surface area contributed by atoms with Crippen molar-refractivity contribution in [3.05, 3.63) is 113 Å². The largest absolute Gasteiger partial charge is 0.494 e. The standard InChI is InChI=1S/C34H26O7/c1-3-37-23-15-17-28-26(19-23)31(33(41-28)21-10-6-5-7-11-21)34(36)39-24-14-16-25-29(20-24)40-30(32(25)35)18-22-12-8-9-13-27(22)38-4-2/h5-20H,3-4H2,1-2H3. The van der Waals surface area contributed by atoms with E-state index in [4.69, 9.17) is 23.4 Å². The molecule has 41 heavy (non-hydrogen) atoms. The fourth-order valence-corrected chi connectivity index (χ4v) is 4.75. The Morgan fingerprint density at radius 1 is 0.829 bits per heavy atom. The van der Waals surface area contributed by atoms with E-state index in [1.807, 2.05) is 68.4 Å². The fraction of sp³-hybridized carbons (Fsp3) is 0.118. The number of carbonyl (C=O) groups is 2. The first-order chi connectivity index (χ1) is 20.1. The Balaban J connectivity index is 1.32. The Hall–Kier alpha value is -5.30. The lowest BCUT2D eigenvalue weighted by molar-refractivity contribution is 0.0736. The molecule has 0 amide bonds. The molecule has 7 heteroatoms. The molecule has 0 N–H and O–H groups in total. The summed E-state index contributed by atoms with van der Waals surface area (Å²) in [5, 5.41) is 0.575. The highest BCUT2D eigenvalue weighted by Gasteiger charge is 2.29. The van der Waals surface area contributed by atoms with Gasteiger partial charge in [0.15, 0.2) is 5.76 Å². The molecule has 204 valence electrons. The van der Waals surface area contributed by atoms with E-state index in [0.29, 0.717) is 52.8 Å². The Morgan fingerprint density at radius 2 is 1.59 bits per heavy atom. The third kappa shape index (κ3) is 5.05. The number of ether oxygens (including phenoxy) is 4. The molecule has 0 fully saturated rings. The zero-order valence-corrected chi connectivity index (χ0v) is 22.5. The number of rotatable bonds is 8. The first kappa shape index (κ1) is 26.0. The summed E-state index contributed by atoms with van der Waals surface area (Å²) in [6.45, 7) is 4.76. The third-order valence-corrected chi connectivity index (χ3v) is 6.57. The van der Waals surface area contributed by atoms with E-state index in [1.54, 1.807) is 36.4 Å². The van der Waals surface area contributed by atoms with E-state index < -0.39 is 5.97 Å². The molecule has 0 saturated heterocycles. The van der Waals surface area contributed by atoms with Crippen molar-refractivity contribution >= 4 is 28.8 Å². The summed E-state index contributed by atoms with van der Waals surface area (Å²) < 4.78 is 29.2. The average Bonchev–Trinajstić information content (AvgIpc) is 3.52. The molecule has 4 aromatic carbocycles. The Kier molecular flexibility index (Phi) is 7.00. The van der Waals surface area contributed by atoms with E-state index in [1.165, 1.54) is 6.07 Å². The minimum absolute atomic E-state index is 0.159. The summed E-state index contributed by atoms with van der Waals surface area (Å²) in [5.74, 6) is 1.48. The molecule has 0 radical (unpaired) electrons. The van der Waals surface area contributed by atoms with Gasteiger partial charge in [0.05, 0.1) is 18.8 Å². The summed E-state index contributed by atoms with van der Waals surface area (Å²) in [6, 6.07) is 26.8. The maximum absolute atomic E-state index is 13.7. The minimum atomic E-state index is -0.609. The van der Waals surface area contributed by atoms with Crippen molar-refractivity contribution in [1.82, 2.24) is 0 Å². The van der Waals surface area contributed by atoms with Crippen molar-refractivity contribution in [2.24, 2.45) is 0 Å². The van der Waals surface area contributed by atoms with Crippen molar-refractivity contribution in [3.8, 4) is 34.3 Å². The SMILES string of the molecule is CCOc1ccc2oc(-c3ccccc3)c(C(=O)Oc3ccc4c(c3)OC(=Cc3ccccc3OCC)C4=O)c2c1. The van der Waals surface area contributed by atoms with E-state index in [9.17, 15) is 9.59 Å². The molecule has 2 heterocycles. The van der Waals surface area contributed by atoms with Crippen LogP contribution in [0.25, 0.3) is 28.4 Å². The van der Waals surface area contributed by atoms with Crippen molar-refractivity contribution < 1.29 is 33.0 Å². The smallest absolute Gasteiger partial charge is 0.348 e. The number of benzene rings is 4. The Morgan fingerprint density at radius 3 is 2.39 bits per heavy atom. The first-order valence-electron chi connectivity index (χ1n) is 13.3. The number of allylic oxidation sites excluding steroid dienone is 1. The van der Waals surface area contributed by atoms with Crippen LogP contribution < -0.4 is 18.9 Å². The van der Waals surface area contributed by atoms with Gasteiger partial charge in [-0.25, -0.2) is 4.79 Å². The van der Waals surface area contributed by atoms with Crippen molar-refractivity contribution in [1.29, 1.82) is 0 Å². The number of hydrogen-bond acceptors (Lipinski definition) is 7. The normalized spacial score (nSPS) is 13.2. The quantitative estimate of drug-likeness (QED) is 0.112. The number of fused-ring (bicyclic) bond motifs is 2. The molecule has 1 aromatic heterocycles. The molecule has 0 aliphatic carbocycles. The molecule has 0 bridgehead atoms. The summed E-state index contributed by atoms with van der Waals surface area (Å²) in [6.07, 6.45) is 1.65. The van der Waals surface area contributed by atoms with Gasteiger partial charge in [0, 0.05) is 22.6 Å². The van der Waals surface area contributed by atoms with Gasteiger partial charge in [-0.1, -0.05) is 48.5 Å². The van der Waals surface area contributed by atoms with Crippen LogP contribution in [0.5, 0.6) is 23.0 Å². The topological polar surface area (TPSA) is 84.2 Å². The minimum Gasteiger partial charge on any atom is -0.494 e. The Labute approximate surface area is 236 Å². The molecule has 5 aromatic rings. The van der Waals surface area contributed by atoms with Crippen LogP contribution in [0.4, 0.5) is 0 Å². The number of ketones is 1. The predicted octanol–water partition coefficient (Wildman–Crippen LogP) is 7.73. The van der Waals surface area contributed by atoms with Crippen LogP contribution in [0.15, 0.2) is 101 Å². The average molecular weight is 547 g/mol. The van der Waals surface area contributed by atoms with Crippen LogP contribution in [0.3, 0.4) is 0 Å².